The molecule has 1 aliphatic heterocycles. The molecule has 1 saturated heterocycles. The number of para-hydroxylation sites is 1. The van der Waals surface area contributed by atoms with Crippen LogP contribution in [0.4, 0.5) is 5.13 Å². The Morgan fingerprint density at radius 1 is 1.16 bits per heavy atom. The molecule has 0 unspecified atom stereocenters. The second-order valence-electron chi connectivity index (χ2n) is 8.00. The average Bonchev–Trinajstić information content (AvgIpc) is 3.18. The smallest absolute Gasteiger partial charge is 0.257 e. The van der Waals surface area contributed by atoms with Crippen molar-refractivity contribution in [1.82, 2.24) is 9.88 Å². The number of hydrogen-bond acceptors (Lipinski definition) is 8. The number of carbonyl (C=O) groups is 1. The van der Waals surface area contributed by atoms with Gasteiger partial charge in [-0.1, -0.05) is 17.4 Å². The van der Waals surface area contributed by atoms with Crippen LogP contribution in [0.3, 0.4) is 0 Å². The van der Waals surface area contributed by atoms with E-state index in [4.69, 9.17) is 4.74 Å². The predicted octanol–water partition coefficient (Wildman–Crippen LogP) is 3.16. The number of fused-ring (bicyclic) bond motifs is 1. The molecule has 2 aromatic carbocycles. The van der Waals surface area contributed by atoms with E-state index in [1.165, 1.54) is 23.5 Å². The summed E-state index contributed by atoms with van der Waals surface area (Å²) in [5, 5.41) is 10.8. The van der Waals surface area contributed by atoms with Gasteiger partial charge in [-0.05, 0) is 44.2 Å². The number of nitrogens with zero attached hydrogens (tertiary/aromatic N) is 3. The monoisotopic (exact) mass is 475 g/mol. The first-order chi connectivity index (χ1) is 15.1. The number of ether oxygens (including phenoxy) is 1. The van der Waals surface area contributed by atoms with Crippen LogP contribution in [0.2, 0.25) is 0 Å². The van der Waals surface area contributed by atoms with Crippen molar-refractivity contribution in [1.29, 1.82) is 0 Å². The minimum atomic E-state index is -3.46. The van der Waals surface area contributed by atoms with Crippen LogP contribution in [-0.4, -0.2) is 67.9 Å². The predicted molar refractivity (Wildman–Crippen MR) is 125 cm³/mol. The van der Waals surface area contributed by atoms with E-state index in [2.05, 4.69) is 9.88 Å². The molecule has 0 spiro atoms. The lowest BCUT2D eigenvalue weighted by Crippen LogP contribution is -2.48. The Hall–Kier alpha value is -2.85. The number of phenolic OH excluding ortho intramolecular Hbond substituents is 1. The van der Waals surface area contributed by atoms with Crippen molar-refractivity contribution in [3.63, 3.8) is 0 Å². The number of sulfone groups is 1. The van der Waals surface area contributed by atoms with Crippen LogP contribution in [0.1, 0.15) is 24.2 Å². The third-order valence-electron chi connectivity index (χ3n) is 5.20. The number of phenols is 1. The SMILES string of the molecule is CC(C)Oc1ccc(S(C)(=O)=O)cc1C(=O)N1CCN(c2nc3c(O)cccc3s2)CC1. The molecule has 10 heteroatoms. The molecule has 1 N–H and O–H groups in total. The van der Waals surface area contributed by atoms with E-state index in [1.807, 2.05) is 19.9 Å². The molecule has 2 heterocycles. The molecule has 1 amide bonds. The number of carbonyl (C=O) groups excluding carboxylic acids is 1. The van der Waals surface area contributed by atoms with Gasteiger partial charge in [-0.25, -0.2) is 13.4 Å². The van der Waals surface area contributed by atoms with Gasteiger partial charge >= 0.3 is 0 Å². The molecular weight excluding hydrogens is 450 g/mol. The van der Waals surface area contributed by atoms with Crippen LogP contribution < -0.4 is 9.64 Å². The number of aromatic hydroxyl groups is 1. The highest BCUT2D eigenvalue weighted by Gasteiger charge is 2.27. The summed E-state index contributed by atoms with van der Waals surface area (Å²) in [5.41, 5.74) is 0.832. The van der Waals surface area contributed by atoms with Crippen molar-refractivity contribution in [3.05, 3.63) is 42.0 Å². The number of hydrogen-bond donors (Lipinski definition) is 1. The van der Waals surface area contributed by atoms with Crippen molar-refractivity contribution in [3.8, 4) is 11.5 Å². The zero-order valence-corrected chi connectivity index (χ0v) is 19.7. The molecule has 1 aliphatic rings. The number of anilines is 1. The summed E-state index contributed by atoms with van der Waals surface area (Å²) in [6.07, 6.45) is 0.964. The van der Waals surface area contributed by atoms with Crippen molar-refractivity contribution in [2.75, 3.05) is 37.3 Å². The summed E-state index contributed by atoms with van der Waals surface area (Å²) in [6.45, 7) is 5.80. The molecule has 1 aromatic heterocycles. The highest BCUT2D eigenvalue weighted by atomic mass is 32.2. The van der Waals surface area contributed by atoms with Gasteiger partial charge in [0.15, 0.2) is 15.0 Å². The van der Waals surface area contributed by atoms with Crippen molar-refractivity contribution in [2.45, 2.75) is 24.8 Å². The molecule has 4 rings (SSSR count). The lowest BCUT2D eigenvalue weighted by Gasteiger charge is -2.35. The Morgan fingerprint density at radius 2 is 1.88 bits per heavy atom. The molecule has 0 saturated carbocycles. The summed E-state index contributed by atoms with van der Waals surface area (Å²) < 4.78 is 30.7. The van der Waals surface area contributed by atoms with Crippen LogP contribution in [0.15, 0.2) is 41.3 Å². The molecule has 0 bridgehead atoms. The van der Waals surface area contributed by atoms with Crippen LogP contribution in [0, 0.1) is 0 Å². The Kier molecular flexibility index (Phi) is 6.00. The third kappa shape index (κ3) is 4.51. The standard InChI is InChI=1S/C22H25N3O5S2/c1-14(2)30-18-8-7-15(32(3,28)29)13-16(18)21(27)24-9-11-25(12-10-24)22-23-20-17(26)5-4-6-19(20)31-22/h4-8,13-14,26H,9-12H2,1-3H3. The van der Waals surface area contributed by atoms with Gasteiger partial charge < -0.3 is 19.6 Å². The third-order valence-corrected chi connectivity index (χ3v) is 7.39. The van der Waals surface area contributed by atoms with Gasteiger partial charge in [0.05, 0.1) is 21.3 Å². The first-order valence-electron chi connectivity index (χ1n) is 10.3. The average molecular weight is 476 g/mol. The second-order valence-corrected chi connectivity index (χ2v) is 11.0. The molecule has 32 heavy (non-hydrogen) atoms. The molecule has 8 nitrogen and oxygen atoms in total. The van der Waals surface area contributed by atoms with Gasteiger partial charge in [0.2, 0.25) is 0 Å². The number of rotatable bonds is 5. The fourth-order valence-electron chi connectivity index (χ4n) is 3.59. The zero-order chi connectivity index (χ0) is 23.0. The zero-order valence-electron chi connectivity index (χ0n) is 18.1. The Morgan fingerprint density at radius 3 is 2.50 bits per heavy atom. The molecular formula is C22H25N3O5S2. The molecule has 0 radical (unpaired) electrons. The Labute approximate surface area is 191 Å². The second kappa shape index (κ2) is 8.59. The van der Waals surface area contributed by atoms with E-state index in [1.54, 1.807) is 23.1 Å². The van der Waals surface area contributed by atoms with Crippen LogP contribution in [0.5, 0.6) is 11.5 Å². The van der Waals surface area contributed by atoms with Crippen molar-refractivity contribution in [2.24, 2.45) is 0 Å². The summed E-state index contributed by atoms with van der Waals surface area (Å²) in [7, 11) is -3.46. The minimum Gasteiger partial charge on any atom is -0.506 e. The van der Waals surface area contributed by atoms with Gasteiger partial charge in [-0.15, -0.1) is 0 Å². The maximum atomic E-state index is 13.3. The summed E-state index contributed by atoms with van der Waals surface area (Å²) in [4.78, 5) is 21.7. The topological polar surface area (TPSA) is 100 Å². The van der Waals surface area contributed by atoms with Crippen LogP contribution in [-0.2, 0) is 9.84 Å². The van der Waals surface area contributed by atoms with E-state index in [0.717, 1.165) is 16.1 Å². The molecule has 0 aliphatic carbocycles. The summed E-state index contributed by atoms with van der Waals surface area (Å²) in [5.74, 6) is 0.275. The van der Waals surface area contributed by atoms with E-state index >= 15 is 0 Å². The highest BCUT2D eigenvalue weighted by molar-refractivity contribution is 7.90. The van der Waals surface area contributed by atoms with Gasteiger partial charge in [-0.2, -0.15) is 0 Å². The number of thiazole rings is 1. The first kappa shape index (κ1) is 22.3. The van der Waals surface area contributed by atoms with Crippen molar-refractivity contribution >= 4 is 42.4 Å². The molecule has 0 atom stereocenters. The van der Waals surface area contributed by atoms with E-state index in [0.29, 0.717) is 37.4 Å². The van der Waals surface area contributed by atoms with Gasteiger partial charge in [0.25, 0.3) is 5.91 Å². The first-order valence-corrected chi connectivity index (χ1v) is 13.0. The fraction of sp³-hybridized carbons (Fsp3) is 0.364. The largest absolute Gasteiger partial charge is 0.506 e. The van der Waals surface area contributed by atoms with Gasteiger partial charge in [0.1, 0.15) is 17.0 Å². The van der Waals surface area contributed by atoms with Gasteiger partial charge in [0, 0.05) is 32.4 Å². The number of amides is 1. The Balaban J connectivity index is 1.54. The normalized spacial score (nSPS) is 14.9. The number of piperazine rings is 1. The van der Waals surface area contributed by atoms with E-state index in [9.17, 15) is 18.3 Å². The minimum absolute atomic E-state index is 0.0878. The number of benzene rings is 2. The quantitative estimate of drug-likeness (QED) is 0.605. The maximum absolute atomic E-state index is 13.3. The van der Waals surface area contributed by atoms with Crippen LogP contribution >= 0.6 is 11.3 Å². The number of aromatic nitrogens is 1. The molecule has 170 valence electrons. The van der Waals surface area contributed by atoms with Crippen LogP contribution in [0.25, 0.3) is 10.2 Å². The lowest BCUT2D eigenvalue weighted by atomic mass is 10.1. The maximum Gasteiger partial charge on any atom is 0.257 e. The van der Waals surface area contributed by atoms with Crippen molar-refractivity contribution < 1.29 is 23.1 Å². The molecule has 1 fully saturated rings. The van der Waals surface area contributed by atoms with E-state index < -0.39 is 9.84 Å². The lowest BCUT2D eigenvalue weighted by molar-refractivity contribution is 0.0740. The molecule has 3 aromatic rings. The summed E-state index contributed by atoms with van der Waals surface area (Å²) in [6, 6.07) is 9.73. The Bertz CT molecular complexity index is 1260. The summed E-state index contributed by atoms with van der Waals surface area (Å²) >= 11 is 1.50. The van der Waals surface area contributed by atoms with E-state index in [-0.39, 0.29) is 28.2 Å². The highest BCUT2D eigenvalue weighted by Crippen LogP contribution is 2.34. The van der Waals surface area contributed by atoms with Gasteiger partial charge in [-0.3, -0.25) is 4.79 Å². The fourth-order valence-corrected chi connectivity index (χ4v) is 5.28.